The van der Waals surface area contributed by atoms with Crippen molar-refractivity contribution >= 4 is 6.03 Å². The smallest absolute Gasteiger partial charge is 0.416 e. The van der Waals surface area contributed by atoms with E-state index >= 15 is 0 Å². The van der Waals surface area contributed by atoms with Crippen molar-refractivity contribution in [1.82, 2.24) is 10.2 Å². The zero-order chi connectivity index (χ0) is 20.0. The monoisotopic (exact) mass is 388 g/mol. The van der Waals surface area contributed by atoms with Crippen LogP contribution in [0.1, 0.15) is 16.7 Å². The quantitative estimate of drug-likeness (QED) is 0.732. The van der Waals surface area contributed by atoms with Crippen LogP contribution < -0.4 is 10.1 Å². The number of rotatable bonds is 6. The molecule has 0 aliphatic carbocycles. The summed E-state index contributed by atoms with van der Waals surface area (Å²) in [5, 5.41) is 2.47. The molecule has 0 atom stereocenters. The lowest BCUT2D eigenvalue weighted by Crippen LogP contribution is -2.36. The summed E-state index contributed by atoms with van der Waals surface area (Å²) in [5.41, 5.74) is -0.556. The van der Waals surface area contributed by atoms with E-state index in [1.54, 1.807) is 6.07 Å². The van der Waals surface area contributed by atoms with Gasteiger partial charge in [0.2, 0.25) is 0 Å². The molecule has 0 fully saturated rings. The van der Waals surface area contributed by atoms with E-state index in [-0.39, 0.29) is 24.4 Å². The van der Waals surface area contributed by atoms with Gasteiger partial charge in [0.15, 0.2) is 0 Å². The molecule has 27 heavy (non-hydrogen) atoms. The Morgan fingerprint density at radius 1 is 1.07 bits per heavy atom. The molecular formula is C18H17F5N2O2. The Balaban J connectivity index is 2.02. The highest BCUT2D eigenvalue weighted by Crippen LogP contribution is 2.32. The van der Waals surface area contributed by atoms with Gasteiger partial charge in [0.1, 0.15) is 5.75 Å². The minimum Gasteiger partial charge on any atom is -0.434 e. The number of carbonyl (C=O) groups excluding carboxylic acids is 1. The molecular weight excluding hydrogens is 371 g/mol. The molecule has 0 saturated carbocycles. The standard InChI is InChI=1S/C18H17F5N2O2/c1-25(11-13-7-2-4-8-14(13)18(21,22)23)17(26)24-10-12-6-3-5-9-15(12)27-16(19)20/h2-9,16H,10-11H2,1H3,(H,24,26). The van der Waals surface area contributed by atoms with Crippen LogP contribution >= 0.6 is 0 Å². The number of hydrogen-bond donors (Lipinski definition) is 1. The van der Waals surface area contributed by atoms with Crippen molar-refractivity contribution in [1.29, 1.82) is 0 Å². The second-order valence-electron chi connectivity index (χ2n) is 5.66. The van der Waals surface area contributed by atoms with Gasteiger partial charge in [-0.3, -0.25) is 0 Å². The fraction of sp³-hybridized carbons (Fsp3) is 0.278. The minimum atomic E-state index is -4.53. The minimum absolute atomic E-state index is 0.0518. The van der Waals surface area contributed by atoms with Gasteiger partial charge in [0, 0.05) is 25.7 Å². The molecule has 4 nitrogen and oxygen atoms in total. The van der Waals surface area contributed by atoms with Crippen molar-refractivity contribution in [2.24, 2.45) is 0 Å². The summed E-state index contributed by atoms with van der Waals surface area (Å²) in [5.74, 6) is -0.0853. The molecule has 2 rings (SSSR count). The number of carbonyl (C=O) groups is 1. The van der Waals surface area contributed by atoms with Crippen LogP contribution in [0.15, 0.2) is 48.5 Å². The number of benzene rings is 2. The maximum absolute atomic E-state index is 13.0. The summed E-state index contributed by atoms with van der Waals surface area (Å²) in [4.78, 5) is 13.2. The second-order valence-corrected chi connectivity index (χ2v) is 5.66. The van der Waals surface area contributed by atoms with Crippen molar-refractivity contribution in [3.8, 4) is 5.75 Å². The topological polar surface area (TPSA) is 41.6 Å². The zero-order valence-electron chi connectivity index (χ0n) is 14.3. The van der Waals surface area contributed by atoms with Gasteiger partial charge in [-0.25, -0.2) is 4.79 Å². The average molecular weight is 388 g/mol. The highest BCUT2D eigenvalue weighted by atomic mass is 19.4. The lowest BCUT2D eigenvalue weighted by Gasteiger charge is -2.21. The number of alkyl halides is 5. The van der Waals surface area contributed by atoms with Gasteiger partial charge in [-0.1, -0.05) is 36.4 Å². The van der Waals surface area contributed by atoms with Gasteiger partial charge in [-0.05, 0) is 17.7 Å². The van der Waals surface area contributed by atoms with Crippen LogP contribution in [-0.4, -0.2) is 24.6 Å². The molecule has 2 aromatic carbocycles. The third kappa shape index (κ3) is 5.83. The largest absolute Gasteiger partial charge is 0.434 e. The Bertz CT molecular complexity index is 780. The number of ether oxygens (including phenoxy) is 1. The van der Waals surface area contributed by atoms with Crippen LogP contribution in [0.4, 0.5) is 26.7 Å². The summed E-state index contributed by atoms with van der Waals surface area (Å²) in [6.07, 6.45) is -4.53. The first-order valence-corrected chi connectivity index (χ1v) is 7.85. The summed E-state index contributed by atoms with van der Waals surface area (Å²) in [6.45, 7) is -3.40. The number of hydrogen-bond acceptors (Lipinski definition) is 2. The number of nitrogens with zero attached hydrogens (tertiary/aromatic N) is 1. The molecule has 0 unspecified atom stereocenters. The molecule has 1 N–H and O–H groups in total. The molecule has 0 saturated heterocycles. The van der Waals surface area contributed by atoms with E-state index in [9.17, 15) is 26.7 Å². The number of amides is 2. The third-order valence-electron chi connectivity index (χ3n) is 3.70. The summed E-state index contributed by atoms with van der Waals surface area (Å²) >= 11 is 0. The fourth-order valence-electron chi connectivity index (χ4n) is 2.43. The van der Waals surface area contributed by atoms with Crippen LogP contribution in [0.25, 0.3) is 0 Å². The second kappa shape index (κ2) is 8.70. The molecule has 0 heterocycles. The molecule has 0 spiro atoms. The fourth-order valence-corrected chi connectivity index (χ4v) is 2.43. The number of urea groups is 1. The zero-order valence-corrected chi connectivity index (χ0v) is 14.3. The highest BCUT2D eigenvalue weighted by Gasteiger charge is 2.33. The van der Waals surface area contributed by atoms with E-state index < -0.39 is 24.4 Å². The molecule has 0 aliphatic rings. The maximum Gasteiger partial charge on any atom is 0.416 e. The molecule has 0 radical (unpaired) electrons. The van der Waals surface area contributed by atoms with Gasteiger partial charge < -0.3 is 15.0 Å². The first-order chi connectivity index (χ1) is 12.7. The first-order valence-electron chi connectivity index (χ1n) is 7.85. The maximum atomic E-state index is 13.0. The van der Waals surface area contributed by atoms with Crippen LogP contribution in [0.2, 0.25) is 0 Å². The predicted octanol–water partition coefficient (Wildman–Crippen LogP) is 4.65. The average Bonchev–Trinajstić information content (AvgIpc) is 2.59. The van der Waals surface area contributed by atoms with E-state index in [1.165, 1.54) is 43.4 Å². The Morgan fingerprint density at radius 2 is 1.67 bits per heavy atom. The van der Waals surface area contributed by atoms with Crippen molar-refractivity contribution in [2.75, 3.05) is 7.05 Å². The third-order valence-corrected chi connectivity index (χ3v) is 3.70. The van der Waals surface area contributed by atoms with E-state index in [0.29, 0.717) is 5.56 Å². The summed E-state index contributed by atoms with van der Waals surface area (Å²) < 4.78 is 68.2. The lowest BCUT2D eigenvalue weighted by atomic mass is 10.1. The van der Waals surface area contributed by atoms with Crippen molar-refractivity contribution in [3.05, 3.63) is 65.2 Å². The summed E-state index contributed by atoms with van der Waals surface area (Å²) in [7, 11) is 1.34. The molecule has 0 bridgehead atoms. The molecule has 0 aliphatic heterocycles. The Hall–Kier alpha value is -2.84. The predicted molar refractivity (Wildman–Crippen MR) is 88.2 cm³/mol. The van der Waals surface area contributed by atoms with Gasteiger partial charge in [0.05, 0.1) is 5.56 Å². The van der Waals surface area contributed by atoms with Crippen LogP contribution in [0.5, 0.6) is 5.75 Å². The van der Waals surface area contributed by atoms with Crippen LogP contribution in [0, 0.1) is 0 Å². The Kier molecular flexibility index (Phi) is 6.59. The SMILES string of the molecule is CN(Cc1ccccc1C(F)(F)F)C(=O)NCc1ccccc1OC(F)F. The van der Waals surface area contributed by atoms with E-state index in [4.69, 9.17) is 0 Å². The molecule has 2 amide bonds. The van der Waals surface area contributed by atoms with Gasteiger partial charge in [-0.2, -0.15) is 22.0 Å². The van der Waals surface area contributed by atoms with Crippen LogP contribution in [0.3, 0.4) is 0 Å². The van der Waals surface area contributed by atoms with Crippen molar-refractivity contribution in [3.63, 3.8) is 0 Å². The Labute approximate surface area is 152 Å². The highest BCUT2D eigenvalue weighted by molar-refractivity contribution is 5.74. The Morgan fingerprint density at radius 3 is 2.30 bits per heavy atom. The number of halogens is 5. The lowest BCUT2D eigenvalue weighted by molar-refractivity contribution is -0.138. The van der Waals surface area contributed by atoms with Crippen molar-refractivity contribution < 1.29 is 31.5 Å². The molecule has 9 heteroatoms. The van der Waals surface area contributed by atoms with Gasteiger partial charge >= 0.3 is 18.8 Å². The summed E-state index contributed by atoms with van der Waals surface area (Å²) in [6, 6.07) is 10.2. The molecule has 146 valence electrons. The van der Waals surface area contributed by atoms with Crippen molar-refractivity contribution in [2.45, 2.75) is 25.9 Å². The van der Waals surface area contributed by atoms with E-state index in [1.807, 2.05) is 0 Å². The first kappa shape index (κ1) is 20.5. The van der Waals surface area contributed by atoms with Gasteiger partial charge in [-0.15, -0.1) is 0 Å². The van der Waals surface area contributed by atoms with Crippen LogP contribution in [-0.2, 0) is 19.3 Å². The van der Waals surface area contributed by atoms with E-state index in [2.05, 4.69) is 10.1 Å². The molecule has 2 aromatic rings. The van der Waals surface area contributed by atoms with E-state index in [0.717, 1.165) is 11.0 Å². The number of para-hydroxylation sites is 1. The number of nitrogens with one attached hydrogen (secondary N) is 1. The van der Waals surface area contributed by atoms with Gasteiger partial charge in [0.25, 0.3) is 0 Å². The normalized spacial score (nSPS) is 11.4. The molecule has 0 aromatic heterocycles.